The number of anilines is 1. The third kappa shape index (κ3) is 1.86. The Labute approximate surface area is 94.9 Å². The summed E-state index contributed by atoms with van der Waals surface area (Å²) in [7, 11) is 5.64. The smallest absolute Gasteiger partial charge is 0.131 e. The SMILES string of the molecule is COc1ccc(-c2cn[nH]c2N(C)C)cc1. The average Bonchev–Trinajstić information content (AvgIpc) is 2.78. The zero-order valence-corrected chi connectivity index (χ0v) is 9.69. The van der Waals surface area contributed by atoms with Crippen molar-refractivity contribution >= 4 is 5.82 Å². The lowest BCUT2D eigenvalue weighted by Crippen LogP contribution is -2.10. The summed E-state index contributed by atoms with van der Waals surface area (Å²) in [4.78, 5) is 2.01. The number of aromatic nitrogens is 2. The van der Waals surface area contributed by atoms with Crippen molar-refractivity contribution in [3.63, 3.8) is 0 Å². The van der Waals surface area contributed by atoms with E-state index in [9.17, 15) is 0 Å². The van der Waals surface area contributed by atoms with Gasteiger partial charge < -0.3 is 9.64 Å². The third-order valence-electron chi connectivity index (χ3n) is 2.47. The van der Waals surface area contributed by atoms with Crippen molar-refractivity contribution < 1.29 is 4.74 Å². The van der Waals surface area contributed by atoms with E-state index in [0.29, 0.717) is 0 Å². The van der Waals surface area contributed by atoms with Gasteiger partial charge in [-0.25, -0.2) is 0 Å². The van der Waals surface area contributed by atoms with Crippen LogP contribution < -0.4 is 9.64 Å². The maximum atomic E-state index is 5.13. The van der Waals surface area contributed by atoms with Crippen molar-refractivity contribution in [1.29, 1.82) is 0 Å². The molecule has 2 aromatic rings. The van der Waals surface area contributed by atoms with Crippen LogP contribution in [0, 0.1) is 0 Å². The van der Waals surface area contributed by atoms with E-state index in [1.165, 1.54) is 0 Å². The van der Waals surface area contributed by atoms with E-state index in [-0.39, 0.29) is 0 Å². The summed E-state index contributed by atoms with van der Waals surface area (Å²) >= 11 is 0. The van der Waals surface area contributed by atoms with Crippen molar-refractivity contribution in [2.45, 2.75) is 0 Å². The minimum absolute atomic E-state index is 0.860. The van der Waals surface area contributed by atoms with Crippen LogP contribution >= 0.6 is 0 Å². The maximum absolute atomic E-state index is 5.13. The number of benzene rings is 1. The largest absolute Gasteiger partial charge is 0.497 e. The normalized spacial score (nSPS) is 10.2. The van der Waals surface area contributed by atoms with Crippen molar-refractivity contribution in [2.75, 3.05) is 26.1 Å². The molecule has 84 valence electrons. The molecule has 2 rings (SSSR count). The fraction of sp³-hybridized carbons (Fsp3) is 0.250. The van der Waals surface area contributed by atoms with Crippen molar-refractivity contribution in [3.8, 4) is 16.9 Å². The summed E-state index contributed by atoms with van der Waals surface area (Å²) in [5, 5.41) is 7.04. The second kappa shape index (κ2) is 4.26. The lowest BCUT2D eigenvalue weighted by molar-refractivity contribution is 0.415. The number of H-pyrrole nitrogens is 1. The van der Waals surface area contributed by atoms with Gasteiger partial charge in [-0.3, -0.25) is 5.10 Å². The van der Waals surface area contributed by atoms with E-state index in [0.717, 1.165) is 22.7 Å². The molecule has 0 bridgehead atoms. The predicted molar refractivity (Wildman–Crippen MR) is 64.9 cm³/mol. The third-order valence-corrected chi connectivity index (χ3v) is 2.47. The summed E-state index contributed by atoms with van der Waals surface area (Å²) < 4.78 is 5.13. The van der Waals surface area contributed by atoms with Gasteiger partial charge in [0, 0.05) is 19.7 Å². The van der Waals surface area contributed by atoms with Gasteiger partial charge in [-0.1, -0.05) is 12.1 Å². The Bertz CT molecular complexity index is 459. The van der Waals surface area contributed by atoms with Crippen molar-refractivity contribution in [3.05, 3.63) is 30.5 Å². The van der Waals surface area contributed by atoms with Gasteiger partial charge in [-0.15, -0.1) is 0 Å². The van der Waals surface area contributed by atoms with E-state index in [1.807, 2.05) is 49.5 Å². The second-order valence-corrected chi connectivity index (χ2v) is 3.76. The summed E-state index contributed by atoms with van der Waals surface area (Å²) in [6.45, 7) is 0. The highest BCUT2D eigenvalue weighted by molar-refractivity contribution is 5.75. The first-order chi connectivity index (χ1) is 7.72. The molecule has 0 saturated heterocycles. The molecule has 0 amide bonds. The molecule has 1 N–H and O–H groups in total. The topological polar surface area (TPSA) is 41.1 Å². The second-order valence-electron chi connectivity index (χ2n) is 3.76. The number of rotatable bonds is 3. The molecule has 16 heavy (non-hydrogen) atoms. The molecule has 0 aliphatic rings. The standard InChI is InChI=1S/C12H15N3O/c1-15(2)12-11(8-13-14-12)9-4-6-10(16-3)7-5-9/h4-8H,1-3H3,(H,13,14). The summed E-state index contributed by atoms with van der Waals surface area (Å²) in [5.74, 6) is 1.86. The van der Waals surface area contributed by atoms with Crippen LogP contribution in [0.15, 0.2) is 30.5 Å². The molecule has 0 spiro atoms. The number of aromatic amines is 1. The van der Waals surface area contributed by atoms with Crippen LogP contribution in [-0.4, -0.2) is 31.4 Å². The minimum Gasteiger partial charge on any atom is -0.497 e. The van der Waals surface area contributed by atoms with Gasteiger partial charge >= 0.3 is 0 Å². The van der Waals surface area contributed by atoms with E-state index in [4.69, 9.17) is 4.74 Å². The molecule has 0 aliphatic heterocycles. The molecular weight excluding hydrogens is 202 g/mol. The number of hydrogen-bond acceptors (Lipinski definition) is 3. The molecule has 1 aromatic heterocycles. The predicted octanol–water partition coefficient (Wildman–Crippen LogP) is 2.15. The first-order valence-electron chi connectivity index (χ1n) is 5.07. The van der Waals surface area contributed by atoms with Crippen LogP contribution in [0.4, 0.5) is 5.82 Å². The van der Waals surface area contributed by atoms with Gasteiger partial charge in [0.15, 0.2) is 0 Å². The van der Waals surface area contributed by atoms with Crippen LogP contribution in [0.3, 0.4) is 0 Å². The van der Waals surface area contributed by atoms with E-state index in [1.54, 1.807) is 7.11 Å². The van der Waals surface area contributed by atoms with Crippen LogP contribution in [0.2, 0.25) is 0 Å². The van der Waals surface area contributed by atoms with Gasteiger partial charge in [-0.2, -0.15) is 5.10 Å². The van der Waals surface area contributed by atoms with Gasteiger partial charge in [-0.05, 0) is 17.7 Å². The fourth-order valence-electron chi connectivity index (χ4n) is 1.60. The molecule has 0 atom stereocenters. The van der Waals surface area contributed by atoms with E-state index < -0.39 is 0 Å². The molecule has 0 saturated carbocycles. The Kier molecular flexibility index (Phi) is 2.81. The molecule has 0 fully saturated rings. The summed E-state index contributed by atoms with van der Waals surface area (Å²) in [5.41, 5.74) is 2.21. The van der Waals surface area contributed by atoms with Crippen molar-refractivity contribution in [2.24, 2.45) is 0 Å². The Balaban J connectivity index is 2.38. The number of nitrogens with zero attached hydrogens (tertiary/aromatic N) is 2. The average molecular weight is 217 g/mol. The van der Waals surface area contributed by atoms with E-state index >= 15 is 0 Å². The Morgan fingerprint density at radius 3 is 2.44 bits per heavy atom. The lowest BCUT2D eigenvalue weighted by Gasteiger charge is -2.12. The number of hydrogen-bond donors (Lipinski definition) is 1. The molecular formula is C12H15N3O. The summed E-state index contributed by atoms with van der Waals surface area (Å²) in [6.07, 6.45) is 1.83. The van der Waals surface area contributed by atoms with Crippen LogP contribution in [0.1, 0.15) is 0 Å². The molecule has 1 heterocycles. The number of methoxy groups -OCH3 is 1. The Hall–Kier alpha value is -1.97. The number of ether oxygens (including phenoxy) is 1. The minimum atomic E-state index is 0.860. The summed E-state index contributed by atoms with van der Waals surface area (Å²) in [6, 6.07) is 7.94. The molecule has 4 nitrogen and oxygen atoms in total. The van der Waals surface area contributed by atoms with E-state index in [2.05, 4.69) is 10.2 Å². The zero-order chi connectivity index (χ0) is 11.5. The fourth-order valence-corrected chi connectivity index (χ4v) is 1.60. The van der Waals surface area contributed by atoms with Crippen LogP contribution in [0.25, 0.3) is 11.1 Å². The maximum Gasteiger partial charge on any atom is 0.131 e. The van der Waals surface area contributed by atoms with Crippen LogP contribution in [-0.2, 0) is 0 Å². The molecule has 1 aromatic carbocycles. The number of nitrogens with one attached hydrogen (secondary N) is 1. The Morgan fingerprint density at radius 1 is 1.19 bits per heavy atom. The van der Waals surface area contributed by atoms with Crippen molar-refractivity contribution in [1.82, 2.24) is 10.2 Å². The van der Waals surface area contributed by atoms with Gasteiger partial charge in [0.2, 0.25) is 0 Å². The highest BCUT2D eigenvalue weighted by atomic mass is 16.5. The molecule has 0 radical (unpaired) electrons. The molecule has 4 heteroatoms. The quantitative estimate of drug-likeness (QED) is 0.856. The highest BCUT2D eigenvalue weighted by Crippen LogP contribution is 2.28. The zero-order valence-electron chi connectivity index (χ0n) is 9.69. The first-order valence-corrected chi connectivity index (χ1v) is 5.07. The van der Waals surface area contributed by atoms with Crippen LogP contribution in [0.5, 0.6) is 5.75 Å². The van der Waals surface area contributed by atoms with Gasteiger partial charge in [0.1, 0.15) is 11.6 Å². The molecule has 0 aliphatic carbocycles. The first kappa shape index (κ1) is 10.5. The van der Waals surface area contributed by atoms with Gasteiger partial charge in [0.25, 0.3) is 0 Å². The lowest BCUT2D eigenvalue weighted by atomic mass is 10.1. The van der Waals surface area contributed by atoms with Gasteiger partial charge in [0.05, 0.1) is 13.3 Å². The molecule has 0 unspecified atom stereocenters. The highest BCUT2D eigenvalue weighted by Gasteiger charge is 2.08. The monoisotopic (exact) mass is 217 g/mol. The Morgan fingerprint density at radius 2 is 1.88 bits per heavy atom.